The molecule has 7 nitrogen and oxygen atoms in total. The molecular weight excluding hydrogens is 366 g/mol. The zero-order valence-electron chi connectivity index (χ0n) is 16.7. The van der Waals surface area contributed by atoms with Gasteiger partial charge in [-0.25, -0.2) is 0 Å². The van der Waals surface area contributed by atoms with Crippen LogP contribution in [0.4, 0.5) is 5.69 Å². The molecule has 0 spiro atoms. The summed E-state index contributed by atoms with van der Waals surface area (Å²) in [6, 6.07) is 16.6. The molecule has 1 fully saturated rings. The molecule has 2 aromatic carbocycles. The summed E-state index contributed by atoms with van der Waals surface area (Å²) in [5.74, 6) is -0.151. The summed E-state index contributed by atoms with van der Waals surface area (Å²) in [6.07, 6.45) is 0. The van der Waals surface area contributed by atoms with Gasteiger partial charge in [-0.15, -0.1) is 5.10 Å². The summed E-state index contributed by atoms with van der Waals surface area (Å²) in [6.45, 7) is 6.63. The lowest BCUT2D eigenvalue weighted by atomic mass is 10.0. The van der Waals surface area contributed by atoms with Gasteiger partial charge >= 0.3 is 0 Å². The summed E-state index contributed by atoms with van der Waals surface area (Å²) in [7, 11) is 0. The smallest absolute Gasteiger partial charge is 0.278 e. The van der Waals surface area contributed by atoms with Gasteiger partial charge in [0, 0.05) is 31.9 Å². The number of piperazine rings is 1. The van der Waals surface area contributed by atoms with Gasteiger partial charge in [-0.05, 0) is 30.2 Å². The minimum atomic E-state index is -0.664. The SMILES string of the molecule is CC(C)C(C(=O)N1CCN(c2ccccc2)CC1)n1nnc2ccccc2c1=O. The standard InChI is InChI=1S/C22H25N5O2/c1-16(2)20(27-21(28)18-10-6-7-11-19(18)23-24-27)22(29)26-14-12-25(13-15-26)17-8-4-3-5-9-17/h3-11,16,20H,12-15H2,1-2H3. The first-order valence-electron chi connectivity index (χ1n) is 9.99. The van der Waals surface area contributed by atoms with Crippen LogP contribution in [-0.2, 0) is 4.79 Å². The van der Waals surface area contributed by atoms with E-state index in [0.29, 0.717) is 24.0 Å². The maximum absolute atomic E-state index is 13.4. The number of hydrogen-bond acceptors (Lipinski definition) is 5. The van der Waals surface area contributed by atoms with Gasteiger partial charge in [-0.3, -0.25) is 9.59 Å². The first-order chi connectivity index (χ1) is 14.1. The molecule has 0 radical (unpaired) electrons. The fourth-order valence-corrected chi connectivity index (χ4v) is 3.87. The molecule has 1 aromatic heterocycles. The van der Waals surface area contributed by atoms with Crippen LogP contribution in [-0.4, -0.2) is 52.0 Å². The maximum atomic E-state index is 13.4. The molecule has 150 valence electrons. The highest BCUT2D eigenvalue weighted by Gasteiger charge is 2.33. The zero-order valence-corrected chi connectivity index (χ0v) is 16.7. The average molecular weight is 391 g/mol. The molecule has 1 amide bonds. The molecule has 1 aliphatic heterocycles. The van der Waals surface area contributed by atoms with E-state index in [1.165, 1.54) is 4.68 Å². The molecule has 1 unspecified atom stereocenters. The Bertz CT molecular complexity index is 1060. The van der Waals surface area contributed by atoms with Crippen molar-refractivity contribution in [3.8, 4) is 0 Å². The van der Waals surface area contributed by atoms with E-state index < -0.39 is 6.04 Å². The molecule has 4 rings (SSSR count). The second-order valence-corrected chi connectivity index (χ2v) is 7.69. The van der Waals surface area contributed by atoms with Crippen LogP contribution in [0.15, 0.2) is 59.4 Å². The highest BCUT2D eigenvalue weighted by atomic mass is 16.2. The van der Waals surface area contributed by atoms with Crippen LogP contribution >= 0.6 is 0 Å². The van der Waals surface area contributed by atoms with Gasteiger partial charge in [0.05, 0.1) is 5.39 Å². The maximum Gasteiger partial charge on any atom is 0.278 e. The van der Waals surface area contributed by atoms with Crippen molar-refractivity contribution in [2.75, 3.05) is 31.1 Å². The number of carbonyl (C=O) groups is 1. The monoisotopic (exact) mass is 391 g/mol. The zero-order chi connectivity index (χ0) is 20.4. The van der Waals surface area contributed by atoms with E-state index in [0.717, 1.165) is 18.8 Å². The third-order valence-electron chi connectivity index (χ3n) is 5.45. The number of nitrogens with zero attached hydrogens (tertiary/aromatic N) is 5. The Kier molecular flexibility index (Phi) is 5.29. The molecule has 1 aliphatic rings. The fraction of sp³-hybridized carbons (Fsp3) is 0.364. The second-order valence-electron chi connectivity index (χ2n) is 7.69. The van der Waals surface area contributed by atoms with Gasteiger partial charge < -0.3 is 9.80 Å². The van der Waals surface area contributed by atoms with Crippen molar-refractivity contribution in [1.29, 1.82) is 0 Å². The van der Waals surface area contributed by atoms with Crippen LogP contribution < -0.4 is 10.5 Å². The van der Waals surface area contributed by atoms with Crippen molar-refractivity contribution in [2.24, 2.45) is 5.92 Å². The molecule has 0 bridgehead atoms. The largest absolute Gasteiger partial charge is 0.368 e. The minimum Gasteiger partial charge on any atom is -0.368 e. The molecule has 2 heterocycles. The Balaban J connectivity index is 1.56. The third kappa shape index (κ3) is 3.72. The van der Waals surface area contributed by atoms with Crippen LogP contribution in [0, 0.1) is 5.92 Å². The van der Waals surface area contributed by atoms with Gasteiger partial charge in [0.15, 0.2) is 0 Å². The highest BCUT2D eigenvalue weighted by Crippen LogP contribution is 2.22. The third-order valence-corrected chi connectivity index (χ3v) is 5.45. The Hall–Kier alpha value is -3.22. The van der Waals surface area contributed by atoms with E-state index in [1.807, 2.05) is 43.0 Å². The lowest BCUT2D eigenvalue weighted by Gasteiger charge is -2.38. The van der Waals surface area contributed by atoms with Gasteiger partial charge in [0.2, 0.25) is 5.91 Å². The van der Waals surface area contributed by atoms with Crippen molar-refractivity contribution in [3.63, 3.8) is 0 Å². The van der Waals surface area contributed by atoms with Gasteiger partial charge in [-0.2, -0.15) is 4.68 Å². The minimum absolute atomic E-state index is 0.0700. The van der Waals surface area contributed by atoms with Crippen LogP contribution in [0.1, 0.15) is 19.9 Å². The number of hydrogen-bond donors (Lipinski definition) is 0. The summed E-state index contributed by atoms with van der Waals surface area (Å²) in [5, 5.41) is 8.74. The van der Waals surface area contributed by atoms with Crippen LogP contribution in [0.5, 0.6) is 0 Å². The Morgan fingerprint density at radius 3 is 2.28 bits per heavy atom. The van der Waals surface area contributed by atoms with E-state index in [4.69, 9.17) is 0 Å². The predicted molar refractivity (Wildman–Crippen MR) is 113 cm³/mol. The van der Waals surface area contributed by atoms with Crippen molar-refractivity contribution >= 4 is 22.5 Å². The molecule has 1 saturated heterocycles. The number of carbonyl (C=O) groups excluding carboxylic acids is 1. The molecule has 0 aliphatic carbocycles. The van der Waals surface area contributed by atoms with Crippen molar-refractivity contribution < 1.29 is 4.79 Å². The topological polar surface area (TPSA) is 71.3 Å². The number of para-hydroxylation sites is 1. The molecule has 7 heteroatoms. The molecule has 3 aromatic rings. The summed E-state index contributed by atoms with van der Waals surface area (Å²) in [4.78, 5) is 30.4. The Morgan fingerprint density at radius 2 is 1.59 bits per heavy atom. The van der Waals surface area contributed by atoms with Crippen LogP contribution in [0.2, 0.25) is 0 Å². The molecule has 1 atom stereocenters. The second kappa shape index (κ2) is 8.03. The molecule has 0 N–H and O–H groups in total. The first kappa shape index (κ1) is 19.1. The van der Waals surface area contributed by atoms with E-state index in [1.54, 1.807) is 18.2 Å². The number of aromatic nitrogens is 3. The van der Waals surface area contributed by atoms with Crippen molar-refractivity contribution in [1.82, 2.24) is 19.9 Å². The fourth-order valence-electron chi connectivity index (χ4n) is 3.87. The van der Waals surface area contributed by atoms with Crippen LogP contribution in [0.3, 0.4) is 0 Å². The molecule has 0 saturated carbocycles. The molecule has 29 heavy (non-hydrogen) atoms. The van der Waals surface area contributed by atoms with E-state index >= 15 is 0 Å². The number of fused-ring (bicyclic) bond motifs is 1. The van der Waals surface area contributed by atoms with Crippen molar-refractivity contribution in [2.45, 2.75) is 19.9 Å². The lowest BCUT2D eigenvalue weighted by molar-refractivity contribution is -0.137. The number of amides is 1. The number of rotatable bonds is 4. The van der Waals surface area contributed by atoms with E-state index in [-0.39, 0.29) is 17.4 Å². The Labute approximate surface area is 169 Å². The number of benzene rings is 2. The normalized spacial score (nSPS) is 15.7. The van der Waals surface area contributed by atoms with Gasteiger partial charge in [0.25, 0.3) is 5.56 Å². The first-order valence-corrected chi connectivity index (χ1v) is 9.99. The quantitative estimate of drug-likeness (QED) is 0.683. The Morgan fingerprint density at radius 1 is 0.931 bits per heavy atom. The van der Waals surface area contributed by atoms with Gasteiger partial charge in [0.1, 0.15) is 11.6 Å². The predicted octanol–water partition coefficient (Wildman–Crippen LogP) is 2.34. The summed E-state index contributed by atoms with van der Waals surface area (Å²) < 4.78 is 1.26. The van der Waals surface area contributed by atoms with Crippen molar-refractivity contribution in [3.05, 3.63) is 65.0 Å². The molecular formula is C22H25N5O2. The van der Waals surface area contributed by atoms with Crippen LogP contribution in [0.25, 0.3) is 10.9 Å². The van der Waals surface area contributed by atoms with E-state index in [9.17, 15) is 9.59 Å². The summed E-state index contributed by atoms with van der Waals surface area (Å²) >= 11 is 0. The average Bonchev–Trinajstić information content (AvgIpc) is 2.76. The number of anilines is 1. The van der Waals surface area contributed by atoms with E-state index in [2.05, 4.69) is 27.3 Å². The van der Waals surface area contributed by atoms with Gasteiger partial charge in [-0.1, -0.05) is 49.4 Å². The highest BCUT2D eigenvalue weighted by molar-refractivity contribution is 5.82. The summed E-state index contributed by atoms with van der Waals surface area (Å²) in [5.41, 5.74) is 1.43. The lowest BCUT2D eigenvalue weighted by Crippen LogP contribution is -2.52.